The molecule has 0 radical (unpaired) electrons. The predicted octanol–water partition coefficient (Wildman–Crippen LogP) is 3.17. The summed E-state index contributed by atoms with van der Waals surface area (Å²) in [6.07, 6.45) is 3.67. The van der Waals surface area contributed by atoms with Crippen LogP contribution in [0.4, 0.5) is 0 Å². The highest BCUT2D eigenvalue weighted by molar-refractivity contribution is 9.10. The van der Waals surface area contributed by atoms with Crippen molar-refractivity contribution in [3.05, 3.63) is 71.0 Å². The van der Waals surface area contributed by atoms with Crippen molar-refractivity contribution >= 4 is 32.5 Å². The van der Waals surface area contributed by atoms with Crippen LogP contribution in [0.25, 0.3) is 10.8 Å². The maximum atomic E-state index is 12.3. The zero-order valence-corrected chi connectivity index (χ0v) is 12.2. The number of carbonyl (C=O) groups is 1. The van der Waals surface area contributed by atoms with E-state index in [1.807, 2.05) is 54.7 Å². The van der Waals surface area contributed by atoms with Gasteiger partial charge in [-0.2, -0.15) is 0 Å². The molecule has 2 aromatic carbocycles. The van der Waals surface area contributed by atoms with Crippen molar-refractivity contribution in [3.8, 4) is 0 Å². The molecule has 0 unspecified atom stereocenters. The molecule has 0 atom stereocenters. The first-order valence-corrected chi connectivity index (χ1v) is 7.05. The maximum Gasteiger partial charge on any atom is 0.236 e. The van der Waals surface area contributed by atoms with Crippen molar-refractivity contribution < 1.29 is 9.48 Å². The summed E-state index contributed by atoms with van der Waals surface area (Å²) < 4.78 is 2.48. The number of halogens is 1. The molecule has 3 nitrogen and oxygen atoms in total. The Morgan fingerprint density at radius 3 is 2.55 bits per heavy atom. The molecule has 3 aromatic rings. The second-order valence-corrected chi connectivity index (χ2v) is 5.36. The average molecular weight is 328 g/mol. The highest BCUT2D eigenvalue weighted by Crippen LogP contribution is 2.16. The van der Waals surface area contributed by atoms with Gasteiger partial charge in [-0.1, -0.05) is 57.0 Å². The van der Waals surface area contributed by atoms with E-state index in [4.69, 9.17) is 0 Å². The van der Waals surface area contributed by atoms with Crippen LogP contribution in [0.3, 0.4) is 0 Å². The summed E-state index contributed by atoms with van der Waals surface area (Å²) in [5.41, 5.74) is 0.676. The molecule has 20 heavy (non-hydrogen) atoms. The van der Waals surface area contributed by atoms with Gasteiger partial charge in [0.05, 0.1) is 0 Å². The van der Waals surface area contributed by atoms with Crippen LogP contribution in [0.5, 0.6) is 0 Å². The first kappa shape index (κ1) is 12.9. The van der Waals surface area contributed by atoms with Crippen LogP contribution in [0.2, 0.25) is 0 Å². The minimum absolute atomic E-state index is 0.0326. The smallest absolute Gasteiger partial charge is 0.236 e. The summed E-state index contributed by atoms with van der Waals surface area (Å²) in [4.78, 5) is 12.3. The van der Waals surface area contributed by atoms with Gasteiger partial charge in [0.1, 0.15) is 6.20 Å². The second-order valence-electron chi connectivity index (χ2n) is 4.50. The second kappa shape index (κ2) is 5.51. The summed E-state index contributed by atoms with van der Waals surface area (Å²) in [5.74, 6) is 0.0326. The molecule has 4 heteroatoms. The molecule has 0 saturated carbocycles. The summed E-state index contributed by atoms with van der Waals surface area (Å²) in [5, 5.41) is 6.42. The quantitative estimate of drug-likeness (QED) is 0.547. The molecule has 3 rings (SSSR count). The molecule has 0 spiro atoms. The van der Waals surface area contributed by atoms with Crippen molar-refractivity contribution in [2.24, 2.45) is 0 Å². The van der Waals surface area contributed by atoms with E-state index in [1.165, 1.54) is 0 Å². The lowest BCUT2D eigenvalue weighted by Gasteiger charge is -2.00. The normalized spacial score (nSPS) is 10.7. The van der Waals surface area contributed by atoms with E-state index in [0.29, 0.717) is 5.56 Å². The Hall–Kier alpha value is -2.07. The number of benzene rings is 2. The largest absolute Gasteiger partial charge is 0.287 e. The van der Waals surface area contributed by atoms with E-state index in [-0.39, 0.29) is 12.3 Å². The van der Waals surface area contributed by atoms with Gasteiger partial charge < -0.3 is 0 Å². The van der Waals surface area contributed by atoms with Gasteiger partial charge in [0.15, 0.2) is 0 Å². The van der Waals surface area contributed by atoms with Crippen molar-refractivity contribution in [1.82, 2.24) is 5.10 Å². The van der Waals surface area contributed by atoms with Gasteiger partial charge in [-0.25, -0.2) is 0 Å². The van der Waals surface area contributed by atoms with Crippen LogP contribution in [0.1, 0.15) is 10.4 Å². The third-order valence-corrected chi connectivity index (χ3v) is 3.80. The Balaban J connectivity index is 1.89. The number of hydrogen-bond donors (Lipinski definition) is 0. The summed E-state index contributed by atoms with van der Waals surface area (Å²) in [6, 6.07) is 15.4. The molecule has 0 saturated heterocycles. The van der Waals surface area contributed by atoms with Crippen LogP contribution in [-0.4, -0.2) is 10.9 Å². The number of aromatic nitrogens is 2. The molecule has 1 heterocycles. The standard InChI is InChI=1S/C16H12BrN2O/c17-15-8-4-3-7-14(15)16(20)11-19-10-13-6-2-1-5-12(13)9-18-19/h1-10H,11H2/q+1. The van der Waals surface area contributed by atoms with E-state index >= 15 is 0 Å². The average Bonchev–Trinajstić information content (AvgIpc) is 2.47. The van der Waals surface area contributed by atoms with Gasteiger partial charge in [-0.3, -0.25) is 4.79 Å². The predicted molar refractivity (Wildman–Crippen MR) is 80.4 cm³/mol. The van der Waals surface area contributed by atoms with Gasteiger partial charge >= 0.3 is 0 Å². The number of nitrogens with zero attached hydrogens (tertiary/aromatic N) is 2. The topological polar surface area (TPSA) is 33.8 Å². The third kappa shape index (κ3) is 2.60. The Bertz CT molecular complexity index is 786. The molecule has 0 N–H and O–H groups in total. The fraction of sp³-hybridized carbons (Fsp3) is 0.0625. The molecule has 98 valence electrons. The molecule has 0 aliphatic heterocycles. The third-order valence-electron chi connectivity index (χ3n) is 3.11. The Kier molecular flexibility index (Phi) is 3.56. The first-order chi connectivity index (χ1) is 9.74. The maximum absolute atomic E-state index is 12.3. The fourth-order valence-corrected chi connectivity index (χ4v) is 2.59. The summed E-state index contributed by atoms with van der Waals surface area (Å²) in [6.45, 7) is 0.230. The van der Waals surface area contributed by atoms with E-state index in [2.05, 4.69) is 21.0 Å². The van der Waals surface area contributed by atoms with Crippen molar-refractivity contribution in [2.45, 2.75) is 6.54 Å². The van der Waals surface area contributed by atoms with Crippen molar-refractivity contribution in [1.29, 1.82) is 0 Å². The molecule has 0 aliphatic rings. The Labute approximate surface area is 125 Å². The number of carbonyl (C=O) groups excluding carboxylic acids is 1. The summed E-state index contributed by atoms with van der Waals surface area (Å²) >= 11 is 3.40. The lowest BCUT2D eigenvalue weighted by Crippen LogP contribution is -2.41. The van der Waals surface area contributed by atoms with Gasteiger partial charge in [0.25, 0.3) is 0 Å². The number of fused-ring (bicyclic) bond motifs is 1. The molecular formula is C16H12BrN2O+. The SMILES string of the molecule is O=C(C[n+]1cc2ccccc2cn1)c1ccccc1Br. The lowest BCUT2D eigenvalue weighted by molar-refractivity contribution is -0.740. The van der Waals surface area contributed by atoms with Crippen LogP contribution < -0.4 is 4.68 Å². The highest BCUT2D eigenvalue weighted by atomic mass is 79.9. The summed E-state index contributed by atoms with van der Waals surface area (Å²) in [7, 11) is 0. The van der Waals surface area contributed by atoms with E-state index < -0.39 is 0 Å². The minimum Gasteiger partial charge on any atom is -0.287 e. The van der Waals surface area contributed by atoms with E-state index in [1.54, 1.807) is 10.9 Å². The van der Waals surface area contributed by atoms with Gasteiger partial charge in [0, 0.05) is 20.8 Å². The zero-order valence-electron chi connectivity index (χ0n) is 10.7. The Morgan fingerprint density at radius 1 is 1.05 bits per heavy atom. The van der Waals surface area contributed by atoms with E-state index in [0.717, 1.165) is 15.2 Å². The van der Waals surface area contributed by atoms with Crippen LogP contribution in [0.15, 0.2) is 65.4 Å². The van der Waals surface area contributed by atoms with Crippen LogP contribution >= 0.6 is 15.9 Å². The van der Waals surface area contributed by atoms with Gasteiger partial charge in [-0.05, 0) is 17.2 Å². The van der Waals surface area contributed by atoms with Gasteiger partial charge in [0.2, 0.25) is 18.5 Å². The molecule has 0 amide bonds. The molecular weight excluding hydrogens is 316 g/mol. The zero-order chi connectivity index (χ0) is 13.9. The van der Waals surface area contributed by atoms with Crippen molar-refractivity contribution in [3.63, 3.8) is 0 Å². The minimum atomic E-state index is 0.0326. The van der Waals surface area contributed by atoms with Crippen molar-refractivity contribution in [2.75, 3.05) is 0 Å². The lowest BCUT2D eigenvalue weighted by atomic mass is 10.1. The van der Waals surface area contributed by atoms with E-state index in [9.17, 15) is 4.79 Å². The van der Waals surface area contributed by atoms with Crippen LogP contribution in [0, 0.1) is 0 Å². The number of Topliss-reactive ketones (excluding diaryl/α,β-unsaturated/α-hetero) is 1. The number of ketones is 1. The molecule has 0 aliphatic carbocycles. The fourth-order valence-electron chi connectivity index (χ4n) is 2.08. The Morgan fingerprint density at radius 2 is 1.75 bits per heavy atom. The monoisotopic (exact) mass is 327 g/mol. The number of rotatable bonds is 3. The highest BCUT2D eigenvalue weighted by Gasteiger charge is 2.16. The number of hydrogen-bond acceptors (Lipinski definition) is 2. The molecule has 0 fully saturated rings. The van der Waals surface area contributed by atoms with Gasteiger partial charge in [-0.15, -0.1) is 0 Å². The molecule has 0 bridgehead atoms. The first-order valence-electron chi connectivity index (χ1n) is 6.26. The van der Waals surface area contributed by atoms with Crippen LogP contribution in [-0.2, 0) is 6.54 Å². The molecule has 1 aromatic heterocycles.